The van der Waals surface area contributed by atoms with Crippen LogP contribution in [0.4, 0.5) is 24.5 Å². The number of nitrogens with one attached hydrogen (secondary N) is 2. The van der Waals surface area contributed by atoms with Gasteiger partial charge in [0.05, 0.1) is 11.9 Å². The number of aromatic nitrogens is 3. The van der Waals surface area contributed by atoms with Crippen molar-refractivity contribution >= 4 is 28.8 Å². The van der Waals surface area contributed by atoms with Gasteiger partial charge in [0.2, 0.25) is 0 Å². The number of carbonyl (C=O) groups excluding carboxylic acids is 2. The molecule has 3 aromatic rings. The third kappa shape index (κ3) is 3.42. The monoisotopic (exact) mass is 419 g/mol. The van der Waals surface area contributed by atoms with Crippen molar-refractivity contribution in [3.63, 3.8) is 0 Å². The average molecular weight is 419 g/mol. The van der Waals surface area contributed by atoms with Crippen molar-refractivity contribution in [2.45, 2.75) is 32.5 Å². The van der Waals surface area contributed by atoms with E-state index in [1.165, 1.54) is 6.07 Å². The van der Waals surface area contributed by atoms with Crippen molar-refractivity contribution in [3.8, 4) is 5.75 Å². The number of aryl methyl sites for hydroxylation is 1. The van der Waals surface area contributed by atoms with E-state index in [1.54, 1.807) is 26.0 Å². The highest BCUT2D eigenvalue weighted by atomic mass is 19.4. The van der Waals surface area contributed by atoms with Crippen molar-refractivity contribution in [3.05, 3.63) is 47.4 Å². The number of halogens is 3. The Morgan fingerprint density at radius 1 is 1.33 bits per heavy atom. The Bertz CT molecular complexity index is 1170. The van der Waals surface area contributed by atoms with Gasteiger partial charge in [0.1, 0.15) is 17.0 Å². The van der Waals surface area contributed by atoms with E-state index in [1.807, 2.05) is 0 Å². The standard InChI is InChI=1S/C19H16F3N5O3/c1-3-10-7-15(19(20,21)22)27-16(24-10)12(8-23-27)18(29)25-11-4-5-14-13(6-11)26-17(28)9(2)30-14/h4-9H,3H2,1-2H3,(H,25,29)(H,26,28)/t9-/m1/s1. The number of anilines is 2. The second kappa shape index (κ2) is 7.01. The van der Waals surface area contributed by atoms with Crippen LogP contribution in [-0.2, 0) is 17.4 Å². The lowest BCUT2D eigenvalue weighted by Gasteiger charge is -2.23. The second-order valence-corrected chi connectivity index (χ2v) is 6.69. The Labute approximate surface area is 168 Å². The molecular formula is C19H16F3N5O3. The number of alkyl halides is 3. The first-order valence-corrected chi connectivity index (χ1v) is 9.05. The summed E-state index contributed by atoms with van der Waals surface area (Å²) in [4.78, 5) is 28.6. The van der Waals surface area contributed by atoms with Gasteiger partial charge in [-0.15, -0.1) is 0 Å². The maximum absolute atomic E-state index is 13.4. The molecule has 1 atom stereocenters. The van der Waals surface area contributed by atoms with Gasteiger partial charge >= 0.3 is 6.18 Å². The number of hydrogen-bond acceptors (Lipinski definition) is 5. The van der Waals surface area contributed by atoms with Crippen LogP contribution in [0.3, 0.4) is 0 Å². The molecule has 156 valence electrons. The average Bonchev–Trinajstić information content (AvgIpc) is 3.11. The van der Waals surface area contributed by atoms with E-state index < -0.39 is 23.9 Å². The van der Waals surface area contributed by atoms with Crippen LogP contribution in [0.5, 0.6) is 5.75 Å². The first kappa shape index (κ1) is 19.7. The van der Waals surface area contributed by atoms with Gasteiger partial charge in [0.25, 0.3) is 11.8 Å². The number of ether oxygens (including phenoxy) is 1. The predicted molar refractivity (Wildman–Crippen MR) is 100 cm³/mol. The van der Waals surface area contributed by atoms with Gasteiger partial charge in [0, 0.05) is 11.4 Å². The van der Waals surface area contributed by atoms with Crippen molar-refractivity contribution in [2.24, 2.45) is 0 Å². The molecule has 11 heteroatoms. The highest BCUT2D eigenvalue weighted by Gasteiger charge is 2.35. The molecule has 0 saturated heterocycles. The molecule has 8 nitrogen and oxygen atoms in total. The summed E-state index contributed by atoms with van der Waals surface area (Å²) in [7, 11) is 0. The van der Waals surface area contributed by atoms with Crippen molar-refractivity contribution in [2.75, 3.05) is 10.6 Å². The molecule has 0 spiro atoms. The number of carbonyl (C=O) groups is 2. The van der Waals surface area contributed by atoms with Gasteiger partial charge in [-0.1, -0.05) is 6.92 Å². The fourth-order valence-corrected chi connectivity index (χ4v) is 3.04. The Morgan fingerprint density at radius 2 is 2.10 bits per heavy atom. The van der Waals surface area contributed by atoms with Crippen LogP contribution in [0, 0.1) is 0 Å². The molecule has 0 unspecified atom stereocenters. The Balaban J connectivity index is 1.68. The van der Waals surface area contributed by atoms with Gasteiger partial charge in [-0.25, -0.2) is 9.50 Å². The third-order valence-electron chi connectivity index (χ3n) is 4.59. The molecule has 0 radical (unpaired) electrons. The summed E-state index contributed by atoms with van der Waals surface area (Å²) in [5.74, 6) is -0.569. The summed E-state index contributed by atoms with van der Waals surface area (Å²) < 4.78 is 46.2. The third-order valence-corrected chi connectivity index (χ3v) is 4.59. The molecule has 2 N–H and O–H groups in total. The molecule has 2 amide bonds. The highest BCUT2D eigenvalue weighted by Crippen LogP contribution is 2.33. The second-order valence-electron chi connectivity index (χ2n) is 6.69. The van der Waals surface area contributed by atoms with Crippen molar-refractivity contribution in [1.82, 2.24) is 14.6 Å². The minimum absolute atomic E-state index is 0.109. The van der Waals surface area contributed by atoms with Crippen LogP contribution >= 0.6 is 0 Å². The molecule has 1 aromatic carbocycles. The van der Waals surface area contributed by atoms with E-state index in [2.05, 4.69) is 20.7 Å². The lowest BCUT2D eigenvalue weighted by atomic mass is 10.2. The van der Waals surface area contributed by atoms with Gasteiger partial charge in [-0.3, -0.25) is 9.59 Å². The largest absolute Gasteiger partial charge is 0.479 e. The maximum Gasteiger partial charge on any atom is 0.433 e. The molecule has 1 aliphatic heterocycles. The van der Waals surface area contributed by atoms with Crippen LogP contribution in [0.2, 0.25) is 0 Å². The number of fused-ring (bicyclic) bond motifs is 2. The zero-order chi connectivity index (χ0) is 21.6. The zero-order valence-electron chi connectivity index (χ0n) is 15.9. The molecule has 0 saturated carbocycles. The van der Waals surface area contributed by atoms with E-state index in [-0.39, 0.29) is 29.2 Å². The molecule has 0 fully saturated rings. The molecule has 4 rings (SSSR count). The molecule has 0 bridgehead atoms. The smallest absolute Gasteiger partial charge is 0.433 e. The summed E-state index contributed by atoms with van der Waals surface area (Å²) in [6.07, 6.45) is -4.00. The maximum atomic E-state index is 13.4. The Hall–Kier alpha value is -3.63. The fourth-order valence-electron chi connectivity index (χ4n) is 3.04. The van der Waals surface area contributed by atoms with E-state index in [0.717, 1.165) is 12.3 Å². The molecular weight excluding hydrogens is 403 g/mol. The van der Waals surface area contributed by atoms with Crippen LogP contribution in [0.1, 0.15) is 35.6 Å². The first-order chi connectivity index (χ1) is 14.2. The summed E-state index contributed by atoms with van der Waals surface area (Å²) in [6.45, 7) is 3.27. The molecule has 2 aromatic heterocycles. The summed E-state index contributed by atoms with van der Waals surface area (Å²) in [6, 6.07) is 5.54. The minimum atomic E-state index is -4.65. The molecule has 1 aliphatic rings. The van der Waals surface area contributed by atoms with E-state index in [0.29, 0.717) is 21.6 Å². The van der Waals surface area contributed by atoms with E-state index in [4.69, 9.17) is 4.74 Å². The van der Waals surface area contributed by atoms with Crippen LogP contribution in [0.25, 0.3) is 5.65 Å². The predicted octanol–water partition coefficient (Wildman–Crippen LogP) is 3.28. The summed E-state index contributed by atoms with van der Waals surface area (Å²) >= 11 is 0. The summed E-state index contributed by atoms with van der Waals surface area (Å²) in [5.41, 5.74) is -0.427. The van der Waals surface area contributed by atoms with Crippen LogP contribution in [0.15, 0.2) is 30.5 Å². The zero-order valence-corrected chi connectivity index (χ0v) is 15.9. The summed E-state index contributed by atoms with van der Waals surface area (Å²) in [5, 5.41) is 8.95. The number of benzene rings is 1. The van der Waals surface area contributed by atoms with Gasteiger partial charge in [-0.05, 0) is 37.6 Å². The topological polar surface area (TPSA) is 97.6 Å². The lowest BCUT2D eigenvalue weighted by Crippen LogP contribution is -2.34. The number of rotatable bonds is 3. The first-order valence-electron chi connectivity index (χ1n) is 9.05. The van der Waals surface area contributed by atoms with Crippen molar-refractivity contribution in [1.29, 1.82) is 0 Å². The van der Waals surface area contributed by atoms with Gasteiger partial charge < -0.3 is 15.4 Å². The van der Waals surface area contributed by atoms with Gasteiger partial charge in [0.15, 0.2) is 11.8 Å². The van der Waals surface area contributed by atoms with Crippen LogP contribution < -0.4 is 15.4 Å². The molecule has 3 heterocycles. The molecule has 0 aliphatic carbocycles. The minimum Gasteiger partial charge on any atom is -0.479 e. The van der Waals surface area contributed by atoms with Crippen LogP contribution in [-0.4, -0.2) is 32.5 Å². The quantitative estimate of drug-likeness (QED) is 0.679. The Morgan fingerprint density at radius 3 is 2.80 bits per heavy atom. The normalized spacial score (nSPS) is 16.0. The number of hydrogen-bond donors (Lipinski definition) is 2. The lowest BCUT2D eigenvalue weighted by molar-refractivity contribution is -0.142. The fraction of sp³-hybridized carbons (Fsp3) is 0.263. The van der Waals surface area contributed by atoms with Crippen molar-refractivity contribution < 1.29 is 27.5 Å². The van der Waals surface area contributed by atoms with Gasteiger partial charge in [-0.2, -0.15) is 18.3 Å². The number of amides is 2. The Kier molecular flexibility index (Phi) is 4.60. The number of nitrogens with zero attached hydrogens (tertiary/aromatic N) is 3. The molecule has 30 heavy (non-hydrogen) atoms. The SMILES string of the molecule is CCc1cc(C(F)(F)F)n2ncc(C(=O)Nc3ccc4c(c3)NC(=O)[C@@H](C)O4)c2n1. The van der Waals surface area contributed by atoms with E-state index in [9.17, 15) is 22.8 Å². The van der Waals surface area contributed by atoms with E-state index >= 15 is 0 Å². The highest BCUT2D eigenvalue weighted by molar-refractivity contribution is 6.08.